The van der Waals surface area contributed by atoms with Gasteiger partial charge in [-0.25, -0.2) is 8.42 Å². The van der Waals surface area contributed by atoms with Crippen molar-refractivity contribution < 1.29 is 8.42 Å². The molecule has 1 aromatic carbocycles. The second kappa shape index (κ2) is 5.71. The van der Waals surface area contributed by atoms with Crippen LogP contribution in [0.2, 0.25) is 0 Å². The lowest BCUT2D eigenvalue weighted by Gasteiger charge is -2.30. The molecule has 1 aliphatic rings. The van der Waals surface area contributed by atoms with Gasteiger partial charge in [0, 0.05) is 26.2 Å². The highest BCUT2D eigenvalue weighted by atomic mass is 32.2. The molecule has 5 heteroatoms. The van der Waals surface area contributed by atoms with Crippen molar-refractivity contribution in [2.75, 3.05) is 36.8 Å². The highest BCUT2D eigenvalue weighted by Crippen LogP contribution is 2.26. The summed E-state index contributed by atoms with van der Waals surface area (Å²) < 4.78 is 24.5. The molecule has 0 unspecified atom stereocenters. The smallest absolute Gasteiger partial charge is 0.180 e. The zero-order chi connectivity index (χ0) is 13.0. The molecule has 0 spiro atoms. The van der Waals surface area contributed by atoms with Crippen LogP contribution in [-0.4, -0.2) is 40.3 Å². The molecule has 0 bridgehead atoms. The van der Waals surface area contributed by atoms with Gasteiger partial charge in [-0.1, -0.05) is 19.1 Å². The van der Waals surface area contributed by atoms with Crippen molar-refractivity contribution in [1.82, 2.24) is 5.32 Å². The van der Waals surface area contributed by atoms with E-state index in [0.29, 0.717) is 11.3 Å². The second-order valence-corrected chi connectivity index (χ2v) is 6.60. The molecule has 1 fully saturated rings. The van der Waals surface area contributed by atoms with Crippen molar-refractivity contribution in [2.24, 2.45) is 0 Å². The SMILES string of the molecule is CCCS(=O)(=O)c1ccccc1N1CCNCC1. The quantitative estimate of drug-likeness (QED) is 0.893. The summed E-state index contributed by atoms with van der Waals surface area (Å²) in [5.74, 6) is 0.218. The third kappa shape index (κ3) is 2.84. The van der Waals surface area contributed by atoms with Crippen molar-refractivity contribution >= 4 is 15.5 Å². The van der Waals surface area contributed by atoms with Gasteiger partial charge in [0.2, 0.25) is 0 Å². The molecular formula is C13H20N2O2S. The van der Waals surface area contributed by atoms with Gasteiger partial charge in [0.05, 0.1) is 16.3 Å². The van der Waals surface area contributed by atoms with Gasteiger partial charge < -0.3 is 10.2 Å². The van der Waals surface area contributed by atoms with E-state index in [9.17, 15) is 8.42 Å². The maximum absolute atomic E-state index is 12.3. The van der Waals surface area contributed by atoms with Crippen molar-refractivity contribution in [2.45, 2.75) is 18.2 Å². The normalized spacial score (nSPS) is 16.8. The Bertz CT molecular complexity index is 493. The first-order valence-electron chi connectivity index (χ1n) is 6.42. The Labute approximate surface area is 109 Å². The highest BCUT2D eigenvalue weighted by Gasteiger charge is 2.21. The van der Waals surface area contributed by atoms with Crippen LogP contribution in [-0.2, 0) is 9.84 Å². The monoisotopic (exact) mass is 268 g/mol. The molecule has 100 valence electrons. The highest BCUT2D eigenvalue weighted by molar-refractivity contribution is 7.91. The summed E-state index contributed by atoms with van der Waals surface area (Å²) in [6.45, 7) is 5.42. The van der Waals surface area contributed by atoms with Gasteiger partial charge in [0.1, 0.15) is 0 Å². The summed E-state index contributed by atoms with van der Waals surface area (Å²) in [5.41, 5.74) is 0.854. The number of nitrogens with one attached hydrogen (secondary N) is 1. The van der Waals surface area contributed by atoms with Crippen LogP contribution in [0, 0.1) is 0 Å². The molecule has 1 heterocycles. The number of benzene rings is 1. The van der Waals surface area contributed by atoms with Gasteiger partial charge in [0.15, 0.2) is 9.84 Å². The fraction of sp³-hybridized carbons (Fsp3) is 0.538. The number of piperazine rings is 1. The van der Waals surface area contributed by atoms with Crippen LogP contribution in [0.5, 0.6) is 0 Å². The molecule has 2 rings (SSSR count). The van der Waals surface area contributed by atoms with E-state index < -0.39 is 9.84 Å². The molecule has 1 N–H and O–H groups in total. The summed E-state index contributed by atoms with van der Waals surface area (Å²) in [7, 11) is -3.15. The minimum Gasteiger partial charge on any atom is -0.368 e. The Morgan fingerprint density at radius 1 is 1.22 bits per heavy atom. The lowest BCUT2D eigenvalue weighted by molar-refractivity contribution is 0.579. The fourth-order valence-electron chi connectivity index (χ4n) is 2.27. The van der Waals surface area contributed by atoms with Crippen molar-refractivity contribution in [3.8, 4) is 0 Å². The van der Waals surface area contributed by atoms with Gasteiger partial charge in [0.25, 0.3) is 0 Å². The summed E-state index contributed by atoms with van der Waals surface area (Å²) >= 11 is 0. The van der Waals surface area contributed by atoms with Crippen molar-refractivity contribution in [3.05, 3.63) is 24.3 Å². The Hall–Kier alpha value is -1.07. The maximum Gasteiger partial charge on any atom is 0.180 e. The minimum atomic E-state index is -3.15. The van der Waals surface area contributed by atoms with Crippen LogP contribution in [0.1, 0.15) is 13.3 Å². The number of hydrogen-bond donors (Lipinski definition) is 1. The summed E-state index contributed by atoms with van der Waals surface area (Å²) in [6.07, 6.45) is 0.651. The van der Waals surface area contributed by atoms with Crippen LogP contribution in [0.25, 0.3) is 0 Å². The van der Waals surface area contributed by atoms with Crippen LogP contribution < -0.4 is 10.2 Å². The Kier molecular flexibility index (Phi) is 4.24. The zero-order valence-corrected chi connectivity index (χ0v) is 11.5. The van der Waals surface area contributed by atoms with Gasteiger partial charge in [-0.3, -0.25) is 0 Å². The molecule has 0 atom stereocenters. The lowest BCUT2D eigenvalue weighted by atomic mass is 10.2. The van der Waals surface area contributed by atoms with Crippen LogP contribution in [0.4, 0.5) is 5.69 Å². The fourth-order valence-corrected chi connectivity index (χ4v) is 3.82. The Morgan fingerprint density at radius 3 is 2.56 bits per heavy atom. The first-order chi connectivity index (χ1) is 8.65. The van der Waals surface area contributed by atoms with E-state index in [1.54, 1.807) is 12.1 Å². The Morgan fingerprint density at radius 2 is 1.89 bits per heavy atom. The third-order valence-electron chi connectivity index (χ3n) is 3.13. The zero-order valence-electron chi connectivity index (χ0n) is 10.7. The standard InChI is InChI=1S/C13H20N2O2S/c1-2-11-18(16,17)13-6-4-3-5-12(13)15-9-7-14-8-10-15/h3-6,14H,2,7-11H2,1H3. The summed E-state index contributed by atoms with van der Waals surface area (Å²) in [5, 5.41) is 3.28. The van der Waals surface area contributed by atoms with Crippen molar-refractivity contribution in [1.29, 1.82) is 0 Å². The average Bonchev–Trinajstić information content (AvgIpc) is 2.40. The molecule has 1 aliphatic heterocycles. The van der Waals surface area contributed by atoms with E-state index in [-0.39, 0.29) is 5.75 Å². The number of sulfone groups is 1. The first kappa shape index (κ1) is 13.4. The molecule has 0 aromatic heterocycles. The van der Waals surface area contributed by atoms with Crippen LogP contribution in [0.3, 0.4) is 0 Å². The van der Waals surface area contributed by atoms with Gasteiger partial charge in [-0.15, -0.1) is 0 Å². The molecule has 4 nitrogen and oxygen atoms in total. The topological polar surface area (TPSA) is 49.4 Å². The number of rotatable bonds is 4. The predicted molar refractivity (Wildman–Crippen MR) is 73.9 cm³/mol. The van der Waals surface area contributed by atoms with Gasteiger partial charge in [-0.2, -0.15) is 0 Å². The largest absolute Gasteiger partial charge is 0.368 e. The number of nitrogens with zero attached hydrogens (tertiary/aromatic N) is 1. The molecular weight excluding hydrogens is 248 g/mol. The van der Waals surface area contributed by atoms with Gasteiger partial charge >= 0.3 is 0 Å². The summed E-state index contributed by atoms with van der Waals surface area (Å²) in [4.78, 5) is 2.63. The molecule has 0 amide bonds. The molecule has 0 saturated carbocycles. The minimum absolute atomic E-state index is 0.218. The van der Waals surface area contributed by atoms with Crippen molar-refractivity contribution in [3.63, 3.8) is 0 Å². The summed E-state index contributed by atoms with van der Waals surface area (Å²) in [6, 6.07) is 7.34. The van der Waals surface area contributed by atoms with E-state index in [0.717, 1.165) is 31.9 Å². The molecule has 0 radical (unpaired) electrons. The van der Waals surface area contributed by atoms with E-state index in [4.69, 9.17) is 0 Å². The molecule has 18 heavy (non-hydrogen) atoms. The molecule has 1 saturated heterocycles. The Balaban J connectivity index is 2.36. The molecule has 1 aromatic rings. The van der Waals surface area contributed by atoms with E-state index in [1.807, 2.05) is 19.1 Å². The molecule has 0 aliphatic carbocycles. The van der Waals surface area contributed by atoms with E-state index >= 15 is 0 Å². The maximum atomic E-state index is 12.3. The number of hydrogen-bond acceptors (Lipinski definition) is 4. The number of anilines is 1. The van der Waals surface area contributed by atoms with E-state index in [1.165, 1.54) is 0 Å². The first-order valence-corrected chi connectivity index (χ1v) is 8.08. The third-order valence-corrected chi connectivity index (χ3v) is 5.09. The lowest BCUT2D eigenvalue weighted by Crippen LogP contribution is -2.44. The van der Waals surface area contributed by atoms with Crippen LogP contribution in [0.15, 0.2) is 29.2 Å². The average molecular weight is 268 g/mol. The van der Waals surface area contributed by atoms with E-state index in [2.05, 4.69) is 10.2 Å². The van der Waals surface area contributed by atoms with Gasteiger partial charge in [-0.05, 0) is 18.6 Å². The van der Waals surface area contributed by atoms with Crippen LogP contribution >= 0.6 is 0 Å². The second-order valence-electron chi connectivity index (χ2n) is 4.52. The predicted octanol–water partition coefficient (Wildman–Crippen LogP) is 1.28. The number of para-hydroxylation sites is 1.